The minimum Gasteiger partial charge on any atom is -0.493 e. The second-order valence-electron chi connectivity index (χ2n) is 5.50. The van der Waals surface area contributed by atoms with Gasteiger partial charge in [-0.3, -0.25) is 4.79 Å². The van der Waals surface area contributed by atoms with Gasteiger partial charge in [0.15, 0.2) is 0 Å². The molecule has 20 heavy (non-hydrogen) atoms. The summed E-state index contributed by atoms with van der Waals surface area (Å²) in [5.74, 6) is 0.994. The van der Waals surface area contributed by atoms with Crippen LogP contribution in [0, 0.1) is 13.8 Å². The van der Waals surface area contributed by atoms with Gasteiger partial charge in [-0.15, -0.1) is 0 Å². The number of benzene rings is 1. The molecule has 110 valence electrons. The zero-order chi connectivity index (χ0) is 14.5. The standard InChI is InChI=1S/C16H24N2O2/c1-12-4-5-15(10-13(12)2)20-9-7-16(19)18(3)14-6-8-17-11-14/h4-5,10,14,17H,6-9,11H2,1-3H3/t14-/m0/s1. The third-order valence-electron chi connectivity index (χ3n) is 4.04. The quantitative estimate of drug-likeness (QED) is 0.893. The summed E-state index contributed by atoms with van der Waals surface area (Å²) >= 11 is 0. The van der Waals surface area contributed by atoms with Crippen molar-refractivity contribution >= 4 is 5.91 Å². The van der Waals surface area contributed by atoms with Gasteiger partial charge < -0.3 is 15.0 Å². The van der Waals surface area contributed by atoms with E-state index >= 15 is 0 Å². The SMILES string of the molecule is Cc1ccc(OCCC(=O)N(C)[C@H]2CCNC2)cc1C. The van der Waals surface area contributed by atoms with Crippen molar-refractivity contribution in [1.29, 1.82) is 0 Å². The first-order chi connectivity index (χ1) is 9.58. The highest BCUT2D eigenvalue weighted by Gasteiger charge is 2.22. The van der Waals surface area contributed by atoms with Crippen LogP contribution in [0.4, 0.5) is 0 Å². The number of nitrogens with zero attached hydrogens (tertiary/aromatic N) is 1. The maximum absolute atomic E-state index is 12.1. The molecule has 2 rings (SSSR count). The lowest BCUT2D eigenvalue weighted by molar-refractivity contribution is -0.132. The van der Waals surface area contributed by atoms with E-state index in [2.05, 4.69) is 19.2 Å². The number of nitrogens with one attached hydrogen (secondary N) is 1. The third-order valence-corrected chi connectivity index (χ3v) is 4.04. The largest absolute Gasteiger partial charge is 0.493 e. The molecule has 0 unspecified atom stereocenters. The van der Waals surface area contributed by atoms with Crippen LogP contribution in [0.3, 0.4) is 0 Å². The summed E-state index contributed by atoms with van der Waals surface area (Å²) in [6.45, 7) is 6.48. The number of carbonyl (C=O) groups excluding carboxylic acids is 1. The molecular weight excluding hydrogens is 252 g/mol. The third kappa shape index (κ3) is 3.73. The molecule has 1 aliphatic heterocycles. The summed E-state index contributed by atoms with van der Waals surface area (Å²) in [7, 11) is 1.88. The number of ether oxygens (including phenoxy) is 1. The van der Waals surface area contributed by atoms with Gasteiger partial charge in [0.2, 0.25) is 5.91 Å². The van der Waals surface area contributed by atoms with E-state index in [1.54, 1.807) is 0 Å². The Kier molecular flexibility index (Phi) is 5.01. The maximum Gasteiger partial charge on any atom is 0.226 e. The zero-order valence-corrected chi connectivity index (χ0v) is 12.6. The van der Waals surface area contributed by atoms with Crippen molar-refractivity contribution in [2.75, 3.05) is 26.7 Å². The Morgan fingerprint density at radius 3 is 2.85 bits per heavy atom. The van der Waals surface area contributed by atoms with Gasteiger partial charge in [-0.1, -0.05) is 6.07 Å². The van der Waals surface area contributed by atoms with Gasteiger partial charge in [-0.2, -0.15) is 0 Å². The van der Waals surface area contributed by atoms with Gasteiger partial charge in [0.25, 0.3) is 0 Å². The fourth-order valence-electron chi connectivity index (χ4n) is 2.41. The predicted molar refractivity (Wildman–Crippen MR) is 80.1 cm³/mol. The number of likely N-dealkylation sites (N-methyl/N-ethyl adjacent to an activating group) is 1. The first kappa shape index (κ1) is 14.9. The van der Waals surface area contributed by atoms with Crippen molar-refractivity contribution < 1.29 is 9.53 Å². The topological polar surface area (TPSA) is 41.6 Å². The molecule has 0 bridgehead atoms. The first-order valence-electron chi connectivity index (χ1n) is 7.24. The van der Waals surface area contributed by atoms with Crippen molar-refractivity contribution in [3.8, 4) is 5.75 Å². The summed E-state index contributed by atoms with van der Waals surface area (Å²) in [4.78, 5) is 13.9. The molecule has 0 spiro atoms. The number of hydrogen-bond acceptors (Lipinski definition) is 3. The molecule has 1 heterocycles. The molecule has 1 saturated heterocycles. The van der Waals surface area contributed by atoms with Crippen LogP contribution in [0.2, 0.25) is 0 Å². The van der Waals surface area contributed by atoms with E-state index in [1.165, 1.54) is 11.1 Å². The van der Waals surface area contributed by atoms with E-state index in [4.69, 9.17) is 4.74 Å². The van der Waals surface area contributed by atoms with Crippen LogP contribution in [0.15, 0.2) is 18.2 Å². The highest BCUT2D eigenvalue weighted by molar-refractivity contribution is 5.76. The predicted octanol–water partition coefficient (Wildman–Crippen LogP) is 1.89. The van der Waals surface area contributed by atoms with E-state index in [-0.39, 0.29) is 5.91 Å². The van der Waals surface area contributed by atoms with Gasteiger partial charge in [-0.05, 0) is 50.1 Å². The molecule has 1 aliphatic rings. The molecule has 1 N–H and O–H groups in total. The van der Waals surface area contributed by atoms with Gasteiger partial charge in [0, 0.05) is 19.6 Å². The van der Waals surface area contributed by atoms with E-state index in [9.17, 15) is 4.79 Å². The monoisotopic (exact) mass is 276 g/mol. The fourth-order valence-corrected chi connectivity index (χ4v) is 2.41. The van der Waals surface area contributed by atoms with Crippen LogP contribution in [0.1, 0.15) is 24.0 Å². The molecule has 0 radical (unpaired) electrons. The molecule has 1 amide bonds. The van der Waals surface area contributed by atoms with Crippen molar-refractivity contribution in [1.82, 2.24) is 10.2 Å². The van der Waals surface area contributed by atoms with Crippen LogP contribution >= 0.6 is 0 Å². The van der Waals surface area contributed by atoms with E-state index < -0.39 is 0 Å². The smallest absolute Gasteiger partial charge is 0.226 e. The average Bonchev–Trinajstić information content (AvgIpc) is 2.96. The lowest BCUT2D eigenvalue weighted by Gasteiger charge is -2.23. The lowest BCUT2D eigenvalue weighted by atomic mass is 10.1. The molecular formula is C16H24N2O2. The number of rotatable bonds is 5. The molecule has 1 aromatic rings. The lowest BCUT2D eigenvalue weighted by Crippen LogP contribution is -2.38. The maximum atomic E-state index is 12.1. The number of hydrogen-bond donors (Lipinski definition) is 1. The molecule has 4 nitrogen and oxygen atoms in total. The average molecular weight is 276 g/mol. The van der Waals surface area contributed by atoms with E-state index in [1.807, 2.05) is 30.1 Å². The van der Waals surface area contributed by atoms with Crippen molar-refractivity contribution in [3.63, 3.8) is 0 Å². The van der Waals surface area contributed by atoms with Crippen molar-refractivity contribution in [3.05, 3.63) is 29.3 Å². The van der Waals surface area contributed by atoms with Gasteiger partial charge in [0.05, 0.1) is 13.0 Å². The number of carbonyl (C=O) groups is 1. The Bertz CT molecular complexity index is 468. The van der Waals surface area contributed by atoms with E-state index in [0.717, 1.165) is 25.3 Å². The molecule has 1 fully saturated rings. The summed E-state index contributed by atoms with van der Waals surface area (Å²) < 4.78 is 5.66. The minimum atomic E-state index is 0.155. The van der Waals surface area contributed by atoms with Crippen molar-refractivity contribution in [2.45, 2.75) is 32.7 Å². The van der Waals surface area contributed by atoms with Crippen LogP contribution < -0.4 is 10.1 Å². The molecule has 0 aliphatic carbocycles. The zero-order valence-electron chi connectivity index (χ0n) is 12.6. The van der Waals surface area contributed by atoms with Crippen LogP contribution in [0.5, 0.6) is 5.75 Å². The van der Waals surface area contributed by atoms with Gasteiger partial charge in [-0.25, -0.2) is 0 Å². The summed E-state index contributed by atoms with van der Waals surface area (Å²) in [5, 5.41) is 3.28. The fraction of sp³-hybridized carbons (Fsp3) is 0.562. The molecule has 1 aromatic carbocycles. The Morgan fingerprint density at radius 2 is 2.20 bits per heavy atom. The highest BCUT2D eigenvalue weighted by atomic mass is 16.5. The summed E-state index contributed by atoms with van der Waals surface area (Å²) in [6.07, 6.45) is 1.47. The molecule has 0 aromatic heterocycles. The van der Waals surface area contributed by atoms with Crippen molar-refractivity contribution in [2.24, 2.45) is 0 Å². The molecule has 1 atom stereocenters. The van der Waals surface area contributed by atoms with Crippen LogP contribution in [-0.2, 0) is 4.79 Å². The van der Waals surface area contributed by atoms with Crippen LogP contribution in [0.25, 0.3) is 0 Å². The number of aryl methyl sites for hydroxylation is 2. The first-order valence-corrected chi connectivity index (χ1v) is 7.24. The molecule has 0 saturated carbocycles. The summed E-state index contributed by atoms with van der Waals surface area (Å²) in [6, 6.07) is 6.36. The normalized spacial score (nSPS) is 18.1. The Labute approximate surface area is 121 Å². The Morgan fingerprint density at radius 1 is 1.40 bits per heavy atom. The Hall–Kier alpha value is -1.55. The van der Waals surface area contributed by atoms with Crippen LogP contribution in [-0.4, -0.2) is 43.6 Å². The Balaban J connectivity index is 1.77. The van der Waals surface area contributed by atoms with Gasteiger partial charge in [0.1, 0.15) is 5.75 Å². The second-order valence-corrected chi connectivity index (χ2v) is 5.50. The highest BCUT2D eigenvalue weighted by Crippen LogP contribution is 2.16. The van der Waals surface area contributed by atoms with E-state index in [0.29, 0.717) is 19.1 Å². The number of amides is 1. The summed E-state index contributed by atoms with van der Waals surface area (Å²) in [5.41, 5.74) is 2.46. The minimum absolute atomic E-state index is 0.155. The second kappa shape index (κ2) is 6.75. The van der Waals surface area contributed by atoms with Gasteiger partial charge >= 0.3 is 0 Å². The molecule has 4 heteroatoms.